The number of hydrogen-bond acceptors (Lipinski definition) is 3. The average molecular weight is 336 g/mol. The van der Waals surface area contributed by atoms with E-state index in [0.717, 1.165) is 19.4 Å². The first kappa shape index (κ1) is 22.3. The van der Waals surface area contributed by atoms with Crippen molar-refractivity contribution >= 4 is 36.4 Å². The predicted molar refractivity (Wildman–Crippen MR) is 94.7 cm³/mol. The van der Waals surface area contributed by atoms with E-state index in [9.17, 15) is 4.79 Å². The lowest BCUT2D eigenvalue weighted by Crippen LogP contribution is -2.49. The molecule has 122 valence electrons. The molecule has 0 heterocycles. The van der Waals surface area contributed by atoms with Gasteiger partial charge in [0.2, 0.25) is 5.91 Å². The Labute approximate surface area is 140 Å². The standard InChI is InChI=1S/C15H25N3O.2ClH/c1-15(2,16)14(19)17-11-7-8-12-18(3)13-9-5-4-6-10-13;;/h4-6,9-10H,7-8,11-12,16H2,1-3H3,(H,17,19);2*1H. The van der Waals surface area contributed by atoms with Crippen molar-refractivity contribution in [1.29, 1.82) is 0 Å². The van der Waals surface area contributed by atoms with Crippen LogP contribution in [0.15, 0.2) is 30.3 Å². The fraction of sp³-hybridized carbons (Fsp3) is 0.533. The van der Waals surface area contributed by atoms with Gasteiger partial charge in [0.15, 0.2) is 0 Å². The summed E-state index contributed by atoms with van der Waals surface area (Å²) in [5.74, 6) is -0.0936. The van der Waals surface area contributed by atoms with Crippen LogP contribution in [0.1, 0.15) is 26.7 Å². The molecule has 0 saturated carbocycles. The number of amides is 1. The van der Waals surface area contributed by atoms with Gasteiger partial charge in [-0.3, -0.25) is 4.79 Å². The molecule has 4 nitrogen and oxygen atoms in total. The molecule has 0 aromatic heterocycles. The Hall–Kier alpha value is -0.970. The van der Waals surface area contributed by atoms with Gasteiger partial charge in [-0.1, -0.05) is 18.2 Å². The fourth-order valence-corrected chi connectivity index (χ4v) is 1.72. The number of nitrogens with zero attached hydrogens (tertiary/aromatic N) is 1. The van der Waals surface area contributed by atoms with E-state index < -0.39 is 5.54 Å². The first-order valence-corrected chi connectivity index (χ1v) is 6.74. The summed E-state index contributed by atoms with van der Waals surface area (Å²) in [6, 6.07) is 10.3. The summed E-state index contributed by atoms with van der Waals surface area (Å²) in [6.07, 6.45) is 2.00. The number of carbonyl (C=O) groups is 1. The number of unbranched alkanes of at least 4 members (excludes halogenated alkanes) is 1. The Morgan fingerprint density at radius 1 is 1.19 bits per heavy atom. The SMILES string of the molecule is CN(CCCCNC(=O)C(C)(C)N)c1ccccc1.Cl.Cl. The van der Waals surface area contributed by atoms with Crippen molar-refractivity contribution in [2.24, 2.45) is 5.73 Å². The molecule has 6 heteroatoms. The first-order chi connectivity index (χ1) is 8.91. The van der Waals surface area contributed by atoms with Gasteiger partial charge in [0.25, 0.3) is 0 Å². The molecule has 3 N–H and O–H groups in total. The Morgan fingerprint density at radius 2 is 1.76 bits per heavy atom. The summed E-state index contributed by atoms with van der Waals surface area (Å²) >= 11 is 0. The van der Waals surface area contributed by atoms with E-state index >= 15 is 0 Å². The van der Waals surface area contributed by atoms with E-state index in [4.69, 9.17) is 5.73 Å². The third-order valence-corrected chi connectivity index (χ3v) is 2.99. The molecule has 0 radical (unpaired) electrons. The van der Waals surface area contributed by atoms with Crippen LogP contribution in [-0.2, 0) is 4.79 Å². The molecule has 0 fully saturated rings. The third-order valence-electron chi connectivity index (χ3n) is 2.99. The van der Waals surface area contributed by atoms with Gasteiger partial charge in [-0.05, 0) is 38.8 Å². The van der Waals surface area contributed by atoms with Crippen molar-refractivity contribution in [2.45, 2.75) is 32.2 Å². The molecule has 0 bridgehead atoms. The highest BCUT2D eigenvalue weighted by Gasteiger charge is 2.20. The molecular weight excluding hydrogens is 309 g/mol. The number of rotatable bonds is 7. The van der Waals surface area contributed by atoms with Gasteiger partial charge in [-0.15, -0.1) is 24.8 Å². The molecule has 1 amide bonds. The minimum Gasteiger partial charge on any atom is -0.375 e. The first-order valence-electron chi connectivity index (χ1n) is 6.74. The van der Waals surface area contributed by atoms with Crippen LogP contribution in [0.5, 0.6) is 0 Å². The number of benzene rings is 1. The predicted octanol–water partition coefficient (Wildman–Crippen LogP) is 2.60. The quantitative estimate of drug-likeness (QED) is 0.753. The fourth-order valence-electron chi connectivity index (χ4n) is 1.72. The second-order valence-electron chi connectivity index (χ2n) is 5.44. The van der Waals surface area contributed by atoms with Gasteiger partial charge in [0, 0.05) is 25.8 Å². The number of hydrogen-bond donors (Lipinski definition) is 2. The van der Waals surface area contributed by atoms with Crippen LogP contribution in [-0.4, -0.2) is 31.6 Å². The van der Waals surface area contributed by atoms with Gasteiger partial charge in [-0.25, -0.2) is 0 Å². The van der Waals surface area contributed by atoms with Crippen LogP contribution in [0.2, 0.25) is 0 Å². The molecular formula is C15H27Cl2N3O. The molecule has 0 aliphatic carbocycles. The highest BCUT2D eigenvalue weighted by atomic mass is 35.5. The van der Waals surface area contributed by atoms with Gasteiger partial charge in [0.1, 0.15) is 0 Å². The van der Waals surface area contributed by atoms with E-state index in [1.54, 1.807) is 13.8 Å². The zero-order chi connectivity index (χ0) is 14.3. The molecule has 1 rings (SSSR count). The number of anilines is 1. The normalized spacial score (nSPS) is 10.1. The second-order valence-corrected chi connectivity index (χ2v) is 5.44. The highest BCUT2D eigenvalue weighted by Crippen LogP contribution is 2.11. The molecule has 0 atom stereocenters. The maximum Gasteiger partial charge on any atom is 0.239 e. The minimum atomic E-state index is -0.791. The largest absolute Gasteiger partial charge is 0.375 e. The van der Waals surface area contributed by atoms with Crippen molar-refractivity contribution in [3.8, 4) is 0 Å². The number of para-hydroxylation sites is 1. The van der Waals surface area contributed by atoms with Crippen molar-refractivity contribution in [2.75, 3.05) is 25.0 Å². The summed E-state index contributed by atoms with van der Waals surface area (Å²) in [5.41, 5.74) is 6.12. The summed E-state index contributed by atoms with van der Waals surface area (Å²) in [6.45, 7) is 5.09. The third kappa shape index (κ3) is 8.81. The lowest BCUT2D eigenvalue weighted by Gasteiger charge is -2.20. The number of nitrogens with one attached hydrogen (secondary N) is 1. The number of nitrogens with two attached hydrogens (primary N) is 1. The van der Waals surface area contributed by atoms with Crippen LogP contribution < -0.4 is 16.0 Å². The summed E-state index contributed by atoms with van der Waals surface area (Å²) in [7, 11) is 2.08. The lowest BCUT2D eigenvalue weighted by molar-refractivity contribution is -0.125. The van der Waals surface area contributed by atoms with Crippen LogP contribution in [0, 0.1) is 0 Å². The zero-order valence-electron chi connectivity index (χ0n) is 13.0. The average Bonchev–Trinajstić information content (AvgIpc) is 2.37. The maximum absolute atomic E-state index is 11.5. The van der Waals surface area contributed by atoms with Crippen LogP contribution in [0.25, 0.3) is 0 Å². The molecule has 0 aliphatic rings. The topological polar surface area (TPSA) is 58.4 Å². The Kier molecular flexibility index (Phi) is 11.4. The van der Waals surface area contributed by atoms with Gasteiger partial charge in [-0.2, -0.15) is 0 Å². The molecule has 1 aromatic carbocycles. The second kappa shape index (κ2) is 10.7. The summed E-state index contributed by atoms with van der Waals surface area (Å²) in [4.78, 5) is 13.8. The van der Waals surface area contributed by atoms with E-state index in [1.807, 2.05) is 18.2 Å². The van der Waals surface area contributed by atoms with E-state index in [2.05, 4.69) is 29.4 Å². The van der Waals surface area contributed by atoms with Crippen molar-refractivity contribution in [3.63, 3.8) is 0 Å². The molecule has 0 unspecified atom stereocenters. The molecule has 0 saturated heterocycles. The summed E-state index contributed by atoms with van der Waals surface area (Å²) in [5, 5.41) is 2.85. The van der Waals surface area contributed by atoms with Crippen molar-refractivity contribution < 1.29 is 4.79 Å². The Bertz CT molecular complexity index is 394. The van der Waals surface area contributed by atoms with E-state index in [1.165, 1.54) is 5.69 Å². The molecule has 0 spiro atoms. The molecule has 1 aromatic rings. The van der Waals surface area contributed by atoms with Crippen molar-refractivity contribution in [1.82, 2.24) is 5.32 Å². The number of carbonyl (C=O) groups excluding carboxylic acids is 1. The zero-order valence-corrected chi connectivity index (χ0v) is 14.6. The minimum absolute atomic E-state index is 0. The van der Waals surface area contributed by atoms with E-state index in [-0.39, 0.29) is 30.7 Å². The lowest BCUT2D eigenvalue weighted by atomic mass is 10.1. The Balaban J connectivity index is 0. The van der Waals surface area contributed by atoms with Gasteiger partial charge >= 0.3 is 0 Å². The Morgan fingerprint density at radius 3 is 2.29 bits per heavy atom. The van der Waals surface area contributed by atoms with Gasteiger partial charge in [0.05, 0.1) is 5.54 Å². The maximum atomic E-state index is 11.5. The van der Waals surface area contributed by atoms with Crippen LogP contribution >= 0.6 is 24.8 Å². The monoisotopic (exact) mass is 335 g/mol. The smallest absolute Gasteiger partial charge is 0.239 e. The van der Waals surface area contributed by atoms with Crippen LogP contribution in [0.3, 0.4) is 0 Å². The van der Waals surface area contributed by atoms with Gasteiger partial charge < -0.3 is 16.0 Å². The summed E-state index contributed by atoms with van der Waals surface area (Å²) < 4.78 is 0. The van der Waals surface area contributed by atoms with Crippen LogP contribution in [0.4, 0.5) is 5.69 Å². The molecule has 21 heavy (non-hydrogen) atoms. The number of halogens is 2. The van der Waals surface area contributed by atoms with E-state index in [0.29, 0.717) is 6.54 Å². The highest BCUT2D eigenvalue weighted by molar-refractivity contribution is 5.85. The molecule has 0 aliphatic heterocycles. The van der Waals surface area contributed by atoms with Crippen molar-refractivity contribution in [3.05, 3.63) is 30.3 Å².